The second-order valence-corrected chi connectivity index (χ2v) is 8.83. The molecule has 0 amide bonds. The Morgan fingerprint density at radius 1 is 0.912 bits per heavy atom. The van der Waals surface area contributed by atoms with Crippen LogP contribution in [0.3, 0.4) is 0 Å². The summed E-state index contributed by atoms with van der Waals surface area (Å²) in [5.74, 6) is 0.335. The molecule has 0 N–H and O–H groups in total. The Morgan fingerprint density at radius 3 is 2.41 bits per heavy atom. The maximum absolute atomic E-state index is 13.1. The van der Waals surface area contributed by atoms with Crippen molar-refractivity contribution in [1.29, 1.82) is 10.5 Å². The van der Waals surface area contributed by atoms with E-state index < -0.39 is 0 Å². The topological polar surface area (TPSA) is 90.7 Å². The summed E-state index contributed by atoms with van der Waals surface area (Å²) in [5.41, 5.74) is 3.25. The molecule has 3 aromatic carbocycles. The molecule has 6 rings (SSSR count). The number of nitrogens with zero attached hydrogens (tertiary/aromatic N) is 3. The van der Waals surface area contributed by atoms with E-state index >= 15 is 0 Å². The lowest BCUT2D eigenvalue weighted by Gasteiger charge is -2.02. The van der Waals surface area contributed by atoms with Crippen LogP contribution in [-0.2, 0) is 0 Å². The van der Waals surface area contributed by atoms with Crippen molar-refractivity contribution in [2.75, 3.05) is 0 Å². The van der Waals surface area contributed by atoms with Gasteiger partial charge in [0.05, 0.1) is 0 Å². The average Bonchev–Trinajstić information content (AvgIpc) is 3.51. The molecule has 0 spiro atoms. The van der Waals surface area contributed by atoms with Crippen LogP contribution in [-0.4, -0.2) is 10.8 Å². The number of oxazole rings is 1. The number of hydrogen-bond donors (Lipinski definition) is 0. The van der Waals surface area contributed by atoms with Crippen LogP contribution >= 0.6 is 11.3 Å². The first-order valence-corrected chi connectivity index (χ1v) is 11.3. The molecule has 0 radical (unpaired) electrons. The molecule has 5 aromatic rings. The van der Waals surface area contributed by atoms with Crippen LogP contribution in [0.15, 0.2) is 88.4 Å². The maximum atomic E-state index is 13.1. The van der Waals surface area contributed by atoms with Crippen molar-refractivity contribution in [3.63, 3.8) is 0 Å². The fourth-order valence-corrected chi connectivity index (χ4v) is 5.24. The monoisotopic (exact) mass is 455 g/mol. The smallest absolute Gasteiger partial charge is 0.228 e. The number of nitriles is 2. The summed E-state index contributed by atoms with van der Waals surface area (Å²) >= 11 is 1.39. The maximum Gasteiger partial charge on any atom is 0.228 e. The first-order chi connectivity index (χ1) is 16.7. The third-order valence-corrected chi connectivity index (χ3v) is 6.80. The molecule has 0 bridgehead atoms. The van der Waals surface area contributed by atoms with Crippen molar-refractivity contribution in [2.45, 2.75) is 0 Å². The van der Waals surface area contributed by atoms with Gasteiger partial charge in [-0.25, -0.2) is 0 Å². The molecule has 2 aromatic heterocycles. The summed E-state index contributed by atoms with van der Waals surface area (Å²) in [4.78, 5) is 19.3. The highest BCUT2D eigenvalue weighted by molar-refractivity contribution is 7.19. The Labute approximate surface area is 198 Å². The summed E-state index contributed by atoms with van der Waals surface area (Å²) in [6, 6.07) is 26.8. The molecule has 1 aliphatic rings. The quantitative estimate of drug-likeness (QED) is 0.216. The van der Waals surface area contributed by atoms with Gasteiger partial charge in [0.15, 0.2) is 16.2 Å². The summed E-state index contributed by atoms with van der Waals surface area (Å²) in [7, 11) is 0. The minimum absolute atomic E-state index is 0.0823. The van der Waals surface area contributed by atoms with Crippen molar-refractivity contribution < 1.29 is 9.21 Å². The highest BCUT2D eigenvalue weighted by atomic mass is 32.1. The lowest BCUT2D eigenvalue weighted by molar-refractivity contribution is 0.104. The van der Waals surface area contributed by atoms with E-state index in [1.807, 2.05) is 60.7 Å². The second kappa shape index (κ2) is 7.67. The van der Waals surface area contributed by atoms with Gasteiger partial charge in [-0.2, -0.15) is 15.5 Å². The molecule has 0 atom stereocenters. The predicted octanol–water partition coefficient (Wildman–Crippen LogP) is 6.79. The SMILES string of the molecule is N#CC(C#N)=C1/C(=C/c2cc3oc(-c4cccc5ccccc45)nc3s2)C(=O)c2ccccc21. The molecular formula is C28H13N3O2S. The van der Waals surface area contributed by atoms with E-state index in [1.165, 1.54) is 11.3 Å². The molecule has 34 heavy (non-hydrogen) atoms. The highest BCUT2D eigenvalue weighted by Gasteiger charge is 2.32. The van der Waals surface area contributed by atoms with Gasteiger partial charge in [-0.3, -0.25) is 4.79 Å². The van der Waals surface area contributed by atoms with Gasteiger partial charge < -0.3 is 4.42 Å². The molecular weight excluding hydrogens is 442 g/mol. The highest BCUT2D eigenvalue weighted by Crippen LogP contribution is 2.41. The zero-order valence-electron chi connectivity index (χ0n) is 17.6. The fraction of sp³-hybridized carbons (Fsp3) is 0. The number of fused-ring (bicyclic) bond motifs is 3. The first-order valence-electron chi connectivity index (χ1n) is 10.5. The Morgan fingerprint density at radius 2 is 1.62 bits per heavy atom. The summed E-state index contributed by atoms with van der Waals surface area (Å²) < 4.78 is 6.08. The van der Waals surface area contributed by atoms with Crippen molar-refractivity contribution in [1.82, 2.24) is 4.98 Å². The van der Waals surface area contributed by atoms with Crippen molar-refractivity contribution in [3.05, 3.63) is 99.9 Å². The minimum atomic E-state index is -0.206. The average molecular weight is 455 g/mol. The predicted molar refractivity (Wildman–Crippen MR) is 132 cm³/mol. The van der Waals surface area contributed by atoms with E-state index in [-0.39, 0.29) is 11.4 Å². The Kier molecular flexibility index (Phi) is 4.48. The fourth-order valence-electron chi connectivity index (χ4n) is 4.34. The zero-order chi connectivity index (χ0) is 23.2. The number of allylic oxidation sites excluding steroid dienone is 3. The van der Waals surface area contributed by atoms with E-state index in [2.05, 4.69) is 0 Å². The van der Waals surface area contributed by atoms with E-state index in [9.17, 15) is 15.3 Å². The number of hydrogen-bond acceptors (Lipinski definition) is 6. The van der Waals surface area contributed by atoms with Crippen LogP contribution in [0.5, 0.6) is 0 Å². The van der Waals surface area contributed by atoms with E-state index in [0.29, 0.717) is 38.6 Å². The van der Waals surface area contributed by atoms with Crippen LogP contribution in [0, 0.1) is 22.7 Å². The van der Waals surface area contributed by atoms with E-state index in [1.54, 1.807) is 30.3 Å². The standard InChI is InChI=1S/C28H13N3O2S/c29-14-17(15-30)25-20-9-3-4-10-21(20)26(32)23(25)12-18-13-24-28(34-18)31-27(33-24)22-11-5-7-16-6-1-2-8-19(16)22/h1-13H/b23-12-. The normalized spacial score (nSPS) is 13.9. The Hall–Kier alpha value is -4.78. The lowest BCUT2D eigenvalue weighted by atomic mass is 9.99. The number of ketones is 1. The number of carbonyl (C=O) groups is 1. The molecule has 6 heteroatoms. The largest absolute Gasteiger partial charge is 0.435 e. The third kappa shape index (κ3) is 2.98. The molecule has 0 aliphatic heterocycles. The van der Waals surface area contributed by atoms with Gasteiger partial charge in [-0.15, -0.1) is 11.3 Å². The number of carbonyl (C=O) groups excluding carboxylic acids is 1. The molecule has 1 aliphatic carbocycles. The van der Waals surface area contributed by atoms with Gasteiger partial charge in [-0.1, -0.05) is 60.7 Å². The van der Waals surface area contributed by atoms with Gasteiger partial charge in [0.25, 0.3) is 0 Å². The third-order valence-electron chi connectivity index (χ3n) is 5.84. The van der Waals surface area contributed by atoms with Crippen LogP contribution in [0.25, 0.3) is 44.3 Å². The molecule has 0 saturated heterocycles. The summed E-state index contributed by atoms with van der Waals surface area (Å²) in [6.07, 6.45) is 1.71. The number of aromatic nitrogens is 1. The summed E-state index contributed by atoms with van der Waals surface area (Å²) in [6.45, 7) is 0. The molecule has 2 heterocycles. The van der Waals surface area contributed by atoms with Gasteiger partial charge in [0.2, 0.25) is 5.89 Å². The first kappa shape index (κ1) is 19.9. The van der Waals surface area contributed by atoms with Crippen LogP contribution in [0.1, 0.15) is 20.8 Å². The molecule has 0 unspecified atom stereocenters. The van der Waals surface area contributed by atoms with Crippen LogP contribution in [0.2, 0.25) is 0 Å². The Bertz CT molecular complexity index is 1750. The minimum Gasteiger partial charge on any atom is -0.435 e. The lowest BCUT2D eigenvalue weighted by Crippen LogP contribution is -1.95. The Balaban J connectivity index is 1.46. The molecule has 158 valence electrons. The molecule has 5 nitrogen and oxygen atoms in total. The van der Waals surface area contributed by atoms with E-state index in [4.69, 9.17) is 9.40 Å². The molecule has 0 saturated carbocycles. The van der Waals surface area contributed by atoms with Gasteiger partial charge in [0.1, 0.15) is 17.7 Å². The molecule has 0 fully saturated rings. The van der Waals surface area contributed by atoms with Crippen molar-refractivity contribution in [2.24, 2.45) is 0 Å². The van der Waals surface area contributed by atoms with E-state index in [0.717, 1.165) is 21.2 Å². The zero-order valence-corrected chi connectivity index (χ0v) is 18.4. The number of thiophene rings is 1. The van der Waals surface area contributed by atoms with Gasteiger partial charge in [0, 0.05) is 33.2 Å². The van der Waals surface area contributed by atoms with Crippen LogP contribution in [0.4, 0.5) is 0 Å². The van der Waals surface area contributed by atoms with Gasteiger partial charge in [-0.05, 0) is 28.5 Å². The number of rotatable bonds is 2. The van der Waals surface area contributed by atoms with Gasteiger partial charge >= 0.3 is 0 Å². The second-order valence-electron chi connectivity index (χ2n) is 7.77. The number of benzene rings is 3. The number of Topliss-reactive ketones (excluding diaryl/α,β-unsaturated/α-hetero) is 1. The van der Waals surface area contributed by atoms with Crippen molar-refractivity contribution in [3.8, 4) is 23.6 Å². The van der Waals surface area contributed by atoms with Crippen molar-refractivity contribution >= 4 is 50.0 Å². The summed E-state index contributed by atoms with van der Waals surface area (Å²) in [5, 5.41) is 21.1. The van der Waals surface area contributed by atoms with Crippen LogP contribution < -0.4 is 0 Å².